The summed E-state index contributed by atoms with van der Waals surface area (Å²) in [5.41, 5.74) is 0.800. The van der Waals surface area contributed by atoms with E-state index < -0.39 is 12.1 Å². The highest BCUT2D eigenvalue weighted by atomic mass is 32.1. The van der Waals surface area contributed by atoms with Gasteiger partial charge in [-0.25, -0.2) is 0 Å². The fourth-order valence-corrected chi connectivity index (χ4v) is 3.40. The van der Waals surface area contributed by atoms with Gasteiger partial charge >= 0.3 is 0 Å². The molecule has 1 aliphatic rings. The van der Waals surface area contributed by atoms with Crippen molar-refractivity contribution in [3.05, 3.63) is 29.6 Å². The second kappa shape index (κ2) is 4.90. The fourth-order valence-electron chi connectivity index (χ4n) is 2.63. The van der Waals surface area contributed by atoms with E-state index in [0.29, 0.717) is 6.42 Å². The molecule has 0 aliphatic carbocycles. The van der Waals surface area contributed by atoms with Crippen LogP contribution in [0.25, 0.3) is 10.1 Å². The topological polar surface area (TPSA) is 49.4 Å². The third kappa shape index (κ3) is 1.98. The predicted molar refractivity (Wildman–Crippen MR) is 81.0 cm³/mol. The molecule has 3 rings (SSSR count). The van der Waals surface area contributed by atoms with Gasteiger partial charge in [-0.3, -0.25) is 14.5 Å². The normalized spacial score (nSPS) is 23.2. The maximum Gasteiger partial charge on any atom is 0.250 e. The van der Waals surface area contributed by atoms with Gasteiger partial charge in [0.1, 0.15) is 12.1 Å². The first-order valence-electron chi connectivity index (χ1n) is 6.72. The van der Waals surface area contributed by atoms with Crippen molar-refractivity contribution in [2.24, 2.45) is 0 Å². The van der Waals surface area contributed by atoms with Crippen molar-refractivity contribution < 1.29 is 9.59 Å². The number of thiophene rings is 1. The Kier molecular flexibility index (Phi) is 3.22. The third-order valence-corrected chi connectivity index (χ3v) is 4.58. The second-order valence-corrected chi connectivity index (χ2v) is 5.95. The minimum Gasteiger partial charge on any atom is -0.343 e. The van der Waals surface area contributed by atoms with E-state index in [4.69, 9.17) is 0 Å². The molecule has 104 valence electrons. The van der Waals surface area contributed by atoms with Crippen LogP contribution in [0.4, 0.5) is 5.69 Å². The zero-order valence-corrected chi connectivity index (χ0v) is 12.2. The third-order valence-electron chi connectivity index (χ3n) is 3.68. The lowest BCUT2D eigenvalue weighted by molar-refractivity contribution is -0.133. The van der Waals surface area contributed by atoms with Crippen LogP contribution in [-0.2, 0) is 9.59 Å². The molecule has 2 aromatic rings. The average Bonchev–Trinajstić information content (AvgIpc) is 2.89. The van der Waals surface area contributed by atoms with Gasteiger partial charge in [-0.1, -0.05) is 6.92 Å². The number of rotatable bonds is 2. The number of fused-ring (bicyclic) bond motifs is 1. The van der Waals surface area contributed by atoms with Gasteiger partial charge in [0.25, 0.3) is 0 Å². The maximum absolute atomic E-state index is 12.4. The monoisotopic (exact) mass is 288 g/mol. The molecule has 1 aromatic carbocycles. The number of carbonyl (C=O) groups is 2. The zero-order chi connectivity index (χ0) is 14.3. The average molecular weight is 288 g/mol. The van der Waals surface area contributed by atoms with E-state index in [1.165, 1.54) is 4.70 Å². The quantitative estimate of drug-likeness (QED) is 0.923. The van der Waals surface area contributed by atoms with Gasteiger partial charge in [0.15, 0.2) is 0 Å². The van der Waals surface area contributed by atoms with Gasteiger partial charge in [-0.05, 0) is 48.4 Å². The van der Waals surface area contributed by atoms with E-state index in [9.17, 15) is 9.59 Å². The fraction of sp³-hybridized carbons (Fsp3) is 0.333. The number of nitrogens with zero attached hydrogens (tertiary/aromatic N) is 1. The molecule has 0 bridgehead atoms. The highest BCUT2D eigenvalue weighted by Crippen LogP contribution is 2.29. The highest BCUT2D eigenvalue weighted by molar-refractivity contribution is 7.17. The summed E-state index contributed by atoms with van der Waals surface area (Å²) in [5, 5.41) is 5.87. The van der Waals surface area contributed by atoms with Gasteiger partial charge in [-0.2, -0.15) is 0 Å². The summed E-state index contributed by atoms with van der Waals surface area (Å²) in [7, 11) is 0. The molecule has 20 heavy (non-hydrogen) atoms. The van der Waals surface area contributed by atoms with Gasteiger partial charge in [0, 0.05) is 10.4 Å². The van der Waals surface area contributed by atoms with Crippen LogP contribution in [0.5, 0.6) is 0 Å². The molecule has 1 fully saturated rings. The minimum absolute atomic E-state index is 0.0500. The number of piperazine rings is 1. The number of hydrogen-bond acceptors (Lipinski definition) is 3. The van der Waals surface area contributed by atoms with Crippen LogP contribution in [0.15, 0.2) is 29.6 Å². The molecular weight excluding hydrogens is 272 g/mol. The Hall–Kier alpha value is -1.88. The van der Waals surface area contributed by atoms with Gasteiger partial charge in [0.2, 0.25) is 11.8 Å². The van der Waals surface area contributed by atoms with E-state index in [0.717, 1.165) is 11.1 Å². The van der Waals surface area contributed by atoms with E-state index in [1.807, 2.05) is 36.6 Å². The van der Waals surface area contributed by atoms with Crippen molar-refractivity contribution in [2.45, 2.75) is 32.4 Å². The van der Waals surface area contributed by atoms with Gasteiger partial charge < -0.3 is 5.32 Å². The first-order valence-corrected chi connectivity index (χ1v) is 7.60. The molecule has 2 amide bonds. The Morgan fingerprint density at radius 3 is 2.85 bits per heavy atom. The molecule has 1 aliphatic heterocycles. The first kappa shape index (κ1) is 13.1. The van der Waals surface area contributed by atoms with Crippen LogP contribution in [-0.4, -0.2) is 23.9 Å². The number of nitrogens with one attached hydrogen (secondary N) is 1. The molecule has 0 spiro atoms. The Labute approximate surface area is 121 Å². The molecule has 0 radical (unpaired) electrons. The van der Waals surface area contributed by atoms with Crippen molar-refractivity contribution in [1.82, 2.24) is 5.32 Å². The highest BCUT2D eigenvalue weighted by Gasteiger charge is 2.38. The molecule has 2 atom stereocenters. The lowest BCUT2D eigenvalue weighted by atomic mass is 10.0. The van der Waals surface area contributed by atoms with E-state index in [2.05, 4.69) is 5.32 Å². The molecule has 2 heterocycles. The van der Waals surface area contributed by atoms with Crippen LogP contribution in [0.3, 0.4) is 0 Å². The molecule has 1 aromatic heterocycles. The molecule has 2 unspecified atom stereocenters. The van der Waals surface area contributed by atoms with Crippen molar-refractivity contribution >= 4 is 38.9 Å². The minimum atomic E-state index is -0.469. The van der Waals surface area contributed by atoms with Crippen LogP contribution in [0.1, 0.15) is 20.3 Å². The summed E-state index contributed by atoms with van der Waals surface area (Å²) in [6.45, 7) is 3.64. The van der Waals surface area contributed by atoms with E-state index in [1.54, 1.807) is 23.2 Å². The van der Waals surface area contributed by atoms with E-state index in [-0.39, 0.29) is 11.8 Å². The van der Waals surface area contributed by atoms with Crippen molar-refractivity contribution in [3.63, 3.8) is 0 Å². The molecular formula is C15H16N2O2S. The zero-order valence-electron chi connectivity index (χ0n) is 11.4. The Morgan fingerprint density at radius 1 is 1.30 bits per heavy atom. The van der Waals surface area contributed by atoms with Crippen LogP contribution < -0.4 is 10.2 Å². The lowest BCUT2D eigenvalue weighted by Gasteiger charge is -2.37. The van der Waals surface area contributed by atoms with Crippen molar-refractivity contribution in [2.75, 3.05) is 4.90 Å². The summed E-state index contributed by atoms with van der Waals surface area (Å²) in [6, 6.07) is 7.05. The molecule has 1 saturated heterocycles. The van der Waals surface area contributed by atoms with Crippen molar-refractivity contribution in [1.29, 1.82) is 0 Å². The first-order chi connectivity index (χ1) is 9.61. The molecule has 5 heteroatoms. The van der Waals surface area contributed by atoms with Crippen LogP contribution >= 0.6 is 11.3 Å². The summed E-state index contributed by atoms with van der Waals surface area (Å²) < 4.78 is 1.18. The van der Waals surface area contributed by atoms with E-state index >= 15 is 0 Å². The standard InChI is InChI=1S/C15H16N2O2S/c1-3-12-14(18)16-9(2)15(19)17(12)11-4-5-13-10(8-11)6-7-20-13/h4-9,12H,3H2,1-2H3,(H,16,18). The molecule has 0 saturated carbocycles. The Balaban J connectivity index is 2.07. The largest absolute Gasteiger partial charge is 0.343 e. The second-order valence-electron chi connectivity index (χ2n) is 5.01. The summed E-state index contributed by atoms with van der Waals surface area (Å²) in [5.74, 6) is -0.129. The summed E-state index contributed by atoms with van der Waals surface area (Å²) in [4.78, 5) is 26.1. The van der Waals surface area contributed by atoms with Gasteiger partial charge in [-0.15, -0.1) is 11.3 Å². The smallest absolute Gasteiger partial charge is 0.250 e. The molecule has 4 nitrogen and oxygen atoms in total. The lowest BCUT2D eigenvalue weighted by Crippen LogP contribution is -2.62. The summed E-state index contributed by atoms with van der Waals surface area (Å²) in [6.07, 6.45) is 0.603. The van der Waals surface area contributed by atoms with Crippen molar-refractivity contribution in [3.8, 4) is 0 Å². The summed E-state index contributed by atoms with van der Waals surface area (Å²) >= 11 is 1.67. The number of carbonyl (C=O) groups excluding carboxylic acids is 2. The molecule has 1 N–H and O–H groups in total. The Morgan fingerprint density at radius 2 is 2.10 bits per heavy atom. The van der Waals surface area contributed by atoms with Crippen LogP contribution in [0.2, 0.25) is 0 Å². The van der Waals surface area contributed by atoms with Gasteiger partial charge in [0.05, 0.1) is 0 Å². The SMILES string of the molecule is CCC1C(=O)NC(C)C(=O)N1c1ccc2sccc2c1. The number of hydrogen-bond donors (Lipinski definition) is 1. The number of amides is 2. The van der Waals surface area contributed by atoms with Crippen LogP contribution in [0, 0.1) is 0 Å². The predicted octanol–water partition coefficient (Wildman–Crippen LogP) is 2.53. The number of benzene rings is 1. The maximum atomic E-state index is 12.4. The Bertz CT molecular complexity index is 679. The number of anilines is 1.